The highest BCUT2D eigenvalue weighted by Gasteiger charge is 2.56. The van der Waals surface area contributed by atoms with Crippen LogP contribution in [-0.4, -0.2) is 55.9 Å². The van der Waals surface area contributed by atoms with E-state index in [9.17, 15) is 19.5 Å². The smallest absolute Gasteiger partial charge is 0.330 e. The van der Waals surface area contributed by atoms with E-state index in [4.69, 9.17) is 53.5 Å². The molecule has 2 aromatic rings. The van der Waals surface area contributed by atoms with Gasteiger partial charge in [0.25, 0.3) is 5.56 Å². The van der Waals surface area contributed by atoms with Gasteiger partial charge in [0.2, 0.25) is 0 Å². The number of hydrogen-bond acceptors (Lipinski definition) is 9. The Bertz CT molecular complexity index is 1270. The van der Waals surface area contributed by atoms with Gasteiger partial charge in [-0.25, -0.2) is 9.88 Å². The number of ether oxygens (including phenoxy) is 2. The quantitative estimate of drug-likeness (QED) is 0.213. The van der Waals surface area contributed by atoms with Crippen molar-refractivity contribution in [2.24, 2.45) is 0 Å². The van der Waals surface area contributed by atoms with Crippen LogP contribution in [-0.2, 0) is 30.6 Å². The highest BCUT2D eigenvalue weighted by molar-refractivity contribution is 8.09. The fourth-order valence-corrected chi connectivity index (χ4v) is 6.38. The number of carbonyl (C=O) groups excluding carboxylic acids is 1. The van der Waals surface area contributed by atoms with Gasteiger partial charge in [0, 0.05) is 11.8 Å². The lowest BCUT2D eigenvalue weighted by Gasteiger charge is -2.28. The van der Waals surface area contributed by atoms with Crippen molar-refractivity contribution in [2.75, 3.05) is 6.61 Å². The number of esters is 1. The van der Waals surface area contributed by atoms with Crippen molar-refractivity contribution >= 4 is 47.6 Å². The molecule has 5 atom stereocenters. The Balaban J connectivity index is 1.82. The number of alkyl halides is 2. The third kappa shape index (κ3) is 7.21. The molecule has 0 amide bonds. The average Bonchev–Trinajstić information content (AvgIpc) is 3.03. The monoisotopic (exact) mass is 595 g/mol. The zero-order valence-electron chi connectivity index (χ0n) is 20.4. The molecule has 1 aromatic carbocycles. The van der Waals surface area contributed by atoms with Gasteiger partial charge in [-0.2, -0.15) is 0 Å². The second-order valence-corrected chi connectivity index (χ2v) is 13.2. The fraction of sp³-hybridized carbons (Fsp3) is 0.500. The van der Waals surface area contributed by atoms with Crippen molar-refractivity contribution in [3.8, 4) is 5.75 Å². The molecule has 0 radical (unpaired) electrons. The minimum Gasteiger partial charge on any atom is -0.462 e. The Morgan fingerprint density at radius 2 is 1.95 bits per heavy atom. The van der Waals surface area contributed by atoms with E-state index in [0.717, 1.165) is 4.57 Å². The first kappa shape index (κ1) is 29.8. The molecule has 3 rings (SSSR count). The maximum atomic E-state index is 12.4. The number of nitrogens with zero attached hydrogens (tertiary/aromatic N) is 1. The van der Waals surface area contributed by atoms with Gasteiger partial charge < -0.3 is 23.6 Å². The van der Waals surface area contributed by atoms with Gasteiger partial charge in [-0.1, -0.05) is 41.4 Å². The van der Waals surface area contributed by atoms with Crippen LogP contribution in [0.2, 0.25) is 0 Å². The van der Waals surface area contributed by atoms with Crippen LogP contribution in [0.15, 0.2) is 46.1 Å². The van der Waals surface area contributed by atoms with Crippen LogP contribution in [0.4, 0.5) is 0 Å². The third-order valence-electron chi connectivity index (χ3n) is 5.21. The van der Waals surface area contributed by atoms with Crippen LogP contribution in [0.3, 0.4) is 0 Å². The molecule has 37 heavy (non-hydrogen) atoms. The topological polar surface area (TPSA) is 141 Å². The summed E-state index contributed by atoms with van der Waals surface area (Å²) < 4.78 is 21.9. The number of rotatable bonds is 10. The number of aliphatic hydroxyl groups is 1. The number of carbonyl (C=O) groups is 1. The first-order chi connectivity index (χ1) is 17.2. The number of aryl methyl sites for hydroxylation is 1. The molecule has 204 valence electrons. The maximum Gasteiger partial charge on any atom is 0.330 e. The van der Waals surface area contributed by atoms with Crippen molar-refractivity contribution < 1.29 is 28.4 Å². The summed E-state index contributed by atoms with van der Waals surface area (Å²) in [5.41, 5.74) is -1.19. The molecule has 2 unspecified atom stereocenters. The SMILES string of the molecule is Cc1cn([C@@H]2O[C@H](COP(=S)(NC(C)C(=O)OC(C)C)Oc3ccccc3)[C@@H](O)C2(Cl)Cl)c(=O)[nH]c1=O. The summed E-state index contributed by atoms with van der Waals surface area (Å²) in [4.78, 5) is 38.6. The molecular weight excluding hydrogens is 568 g/mol. The van der Waals surface area contributed by atoms with E-state index >= 15 is 0 Å². The molecule has 15 heteroatoms. The summed E-state index contributed by atoms with van der Waals surface area (Å²) in [6.07, 6.45) is -3.15. The number of halogens is 2. The maximum absolute atomic E-state index is 12.4. The zero-order valence-corrected chi connectivity index (χ0v) is 23.6. The molecule has 1 saturated heterocycles. The third-order valence-corrected chi connectivity index (χ3v) is 8.53. The Morgan fingerprint density at radius 1 is 1.30 bits per heavy atom. The average molecular weight is 596 g/mol. The first-order valence-electron chi connectivity index (χ1n) is 11.2. The first-order valence-corrected chi connectivity index (χ1v) is 14.6. The van der Waals surface area contributed by atoms with Gasteiger partial charge in [-0.15, -0.1) is 0 Å². The number of aliphatic hydroxyl groups excluding tert-OH is 1. The van der Waals surface area contributed by atoms with Gasteiger partial charge in [-0.05, 0) is 51.6 Å². The van der Waals surface area contributed by atoms with Crippen molar-refractivity contribution in [3.05, 3.63) is 62.9 Å². The predicted molar refractivity (Wildman–Crippen MR) is 142 cm³/mol. The van der Waals surface area contributed by atoms with E-state index in [-0.39, 0.29) is 18.3 Å². The summed E-state index contributed by atoms with van der Waals surface area (Å²) >= 11 is 18.4. The van der Waals surface area contributed by atoms with Crippen LogP contribution in [0.1, 0.15) is 32.6 Å². The summed E-state index contributed by atoms with van der Waals surface area (Å²) in [6, 6.07) is 7.69. The Kier molecular flexibility index (Phi) is 9.63. The second kappa shape index (κ2) is 12.0. The fourth-order valence-electron chi connectivity index (χ4n) is 3.37. The van der Waals surface area contributed by atoms with Crippen molar-refractivity contribution in [3.63, 3.8) is 0 Å². The Morgan fingerprint density at radius 3 is 2.57 bits per heavy atom. The van der Waals surface area contributed by atoms with E-state index in [2.05, 4.69) is 10.1 Å². The summed E-state index contributed by atoms with van der Waals surface area (Å²) in [6.45, 7) is 2.66. The number of para-hydroxylation sites is 1. The Labute approximate surface area is 228 Å². The normalized spacial score (nSPS) is 23.4. The van der Waals surface area contributed by atoms with Crippen LogP contribution < -0.4 is 20.9 Å². The number of hydrogen-bond donors (Lipinski definition) is 3. The van der Waals surface area contributed by atoms with Gasteiger partial charge in [-0.3, -0.25) is 19.1 Å². The minimum atomic E-state index is -3.44. The molecule has 1 aliphatic rings. The Hall–Kier alpha value is -1.76. The number of benzene rings is 1. The lowest BCUT2D eigenvalue weighted by Crippen LogP contribution is -2.42. The lowest BCUT2D eigenvalue weighted by atomic mass is 10.1. The molecule has 11 nitrogen and oxygen atoms in total. The second-order valence-electron chi connectivity index (χ2n) is 8.66. The van der Waals surface area contributed by atoms with E-state index in [1.54, 1.807) is 51.1 Å². The molecule has 2 heterocycles. The summed E-state index contributed by atoms with van der Waals surface area (Å²) in [5.74, 6) is -0.178. The van der Waals surface area contributed by atoms with Crippen LogP contribution in [0.5, 0.6) is 5.75 Å². The van der Waals surface area contributed by atoms with E-state index in [1.807, 2.05) is 0 Å². The van der Waals surface area contributed by atoms with Crippen LogP contribution in [0, 0.1) is 6.92 Å². The van der Waals surface area contributed by atoms with Gasteiger partial charge >= 0.3 is 18.3 Å². The summed E-state index contributed by atoms with van der Waals surface area (Å²) in [7, 11) is 0. The highest BCUT2D eigenvalue weighted by atomic mass is 35.5. The molecule has 1 aliphatic heterocycles. The molecule has 0 bridgehead atoms. The van der Waals surface area contributed by atoms with Crippen molar-refractivity contribution in [1.29, 1.82) is 0 Å². The lowest BCUT2D eigenvalue weighted by molar-refractivity contribution is -0.149. The number of aromatic nitrogens is 2. The molecule has 0 spiro atoms. The van der Waals surface area contributed by atoms with E-state index < -0.39 is 52.7 Å². The molecule has 3 N–H and O–H groups in total. The molecule has 1 fully saturated rings. The molecule has 0 aliphatic carbocycles. The van der Waals surface area contributed by atoms with Gasteiger partial charge in [0.15, 0.2) is 10.6 Å². The van der Waals surface area contributed by atoms with Crippen LogP contribution in [0.25, 0.3) is 0 Å². The molecular formula is C22H28Cl2N3O8PS. The number of nitrogens with one attached hydrogen (secondary N) is 2. The zero-order chi connectivity index (χ0) is 27.5. The van der Waals surface area contributed by atoms with E-state index in [0.29, 0.717) is 5.75 Å². The van der Waals surface area contributed by atoms with Crippen molar-refractivity contribution in [1.82, 2.24) is 14.6 Å². The standard InChI is InChI=1S/C22H28Cl2N3O8PS/c1-12(2)33-19(30)14(4)26-36(37,35-15-8-6-5-7-9-15)32-11-16-17(28)22(23,24)20(34-16)27-10-13(3)18(29)25-21(27)31/h5-10,12,14,16-17,20,28H,11H2,1-4H3,(H,26,37)(H,25,29,31)/t14?,16-,17-,20-,36?/m1/s1. The summed E-state index contributed by atoms with van der Waals surface area (Å²) in [5, 5.41) is 13.7. The van der Waals surface area contributed by atoms with Crippen LogP contribution >= 0.6 is 29.8 Å². The largest absolute Gasteiger partial charge is 0.462 e. The molecule has 0 saturated carbocycles. The highest BCUT2D eigenvalue weighted by Crippen LogP contribution is 2.49. The number of aromatic amines is 1. The van der Waals surface area contributed by atoms with Gasteiger partial charge in [0.05, 0.1) is 12.7 Å². The van der Waals surface area contributed by atoms with Gasteiger partial charge in [0.1, 0.15) is 24.0 Å². The van der Waals surface area contributed by atoms with E-state index in [1.165, 1.54) is 13.1 Å². The number of H-pyrrole nitrogens is 1. The van der Waals surface area contributed by atoms with Crippen molar-refractivity contribution in [2.45, 2.75) is 62.6 Å². The minimum absolute atomic E-state index is 0.208. The predicted octanol–water partition coefficient (Wildman–Crippen LogP) is 2.53. The molecule has 1 aromatic heterocycles.